The number of benzene rings is 2. The molecule has 0 atom stereocenters. The predicted octanol–water partition coefficient (Wildman–Crippen LogP) is 2.74. The van der Waals surface area contributed by atoms with Crippen molar-refractivity contribution in [3.05, 3.63) is 65.2 Å². The standard InChI is InChI=1S/C9H11NO.C7H7NO/c1-7-3-5-8(6-4-7)9(11)10-2;8-5-6-3-1-2-4-7(6)9/h3-6H,1-2H3,(H,10,11);1-5,8-9H. The summed E-state index contributed by atoms with van der Waals surface area (Å²) in [6.07, 6.45) is 1.12. The van der Waals surface area contributed by atoms with Crippen molar-refractivity contribution in [1.29, 1.82) is 5.41 Å². The molecule has 0 saturated heterocycles. The fourth-order valence-electron chi connectivity index (χ4n) is 1.46. The fraction of sp³-hybridized carbons (Fsp3) is 0.125. The second kappa shape index (κ2) is 7.74. The molecule has 0 aliphatic heterocycles. The van der Waals surface area contributed by atoms with Crippen molar-refractivity contribution in [2.75, 3.05) is 7.05 Å². The molecule has 104 valence electrons. The number of carbonyl (C=O) groups is 1. The van der Waals surface area contributed by atoms with E-state index in [9.17, 15) is 4.79 Å². The van der Waals surface area contributed by atoms with E-state index in [1.807, 2.05) is 31.2 Å². The fourth-order valence-corrected chi connectivity index (χ4v) is 1.46. The van der Waals surface area contributed by atoms with Crippen LogP contribution in [0.25, 0.3) is 0 Å². The minimum atomic E-state index is -0.0370. The van der Waals surface area contributed by atoms with Gasteiger partial charge in [0, 0.05) is 24.4 Å². The van der Waals surface area contributed by atoms with Crippen molar-refractivity contribution in [3.63, 3.8) is 0 Å². The van der Waals surface area contributed by atoms with Crippen molar-refractivity contribution >= 4 is 12.1 Å². The van der Waals surface area contributed by atoms with Gasteiger partial charge in [0.05, 0.1) is 0 Å². The first kappa shape index (κ1) is 15.4. The van der Waals surface area contributed by atoms with Gasteiger partial charge in [0.15, 0.2) is 0 Å². The largest absolute Gasteiger partial charge is 0.507 e. The minimum absolute atomic E-state index is 0.0370. The normalized spacial score (nSPS) is 9.10. The van der Waals surface area contributed by atoms with Crippen LogP contribution in [0.5, 0.6) is 5.75 Å². The van der Waals surface area contributed by atoms with E-state index in [0.717, 1.165) is 11.8 Å². The average Bonchev–Trinajstić information content (AvgIpc) is 2.48. The molecule has 4 heteroatoms. The van der Waals surface area contributed by atoms with Crippen molar-refractivity contribution in [3.8, 4) is 5.75 Å². The lowest BCUT2D eigenvalue weighted by Gasteiger charge is -1.98. The number of hydrogen-bond acceptors (Lipinski definition) is 3. The van der Waals surface area contributed by atoms with Crippen molar-refractivity contribution in [2.45, 2.75) is 6.92 Å². The Hall–Kier alpha value is -2.62. The van der Waals surface area contributed by atoms with E-state index >= 15 is 0 Å². The van der Waals surface area contributed by atoms with Crippen LogP contribution in [0.1, 0.15) is 21.5 Å². The minimum Gasteiger partial charge on any atom is -0.507 e. The molecule has 2 rings (SSSR count). The summed E-state index contributed by atoms with van der Waals surface area (Å²) in [5, 5.41) is 18.3. The van der Waals surface area contributed by atoms with E-state index in [0.29, 0.717) is 11.1 Å². The zero-order chi connectivity index (χ0) is 15.0. The predicted molar refractivity (Wildman–Crippen MR) is 80.6 cm³/mol. The number of phenolic OH excluding ortho intramolecular Hbond substituents is 1. The van der Waals surface area contributed by atoms with Crippen molar-refractivity contribution in [2.24, 2.45) is 0 Å². The molecule has 4 nitrogen and oxygen atoms in total. The molecular formula is C16H18N2O2. The highest BCUT2D eigenvalue weighted by atomic mass is 16.3. The number of hydrogen-bond donors (Lipinski definition) is 3. The molecule has 2 aromatic rings. The quantitative estimate of drug-likeness (QED) is 0.734. The Bertz CT molecular complexity index is 577. The first-order valence-corrected chi connectivity index (χ1v) is 6.15. The molecular weight excluding hydrogens is 252 g/mol. The lowest BCUT2D eigenvalue weighted by molar-refractivity contribution is 0.0963. The molecule has 0 aromatic heterocycles. The smallest absolute Gasteiger partial charge is 0.251 e. The Morgan fingerprint density at radius 2 is 1.75 bits per heavy atom. The molecule has 20 heavy (non-hydrogen) atoms. The highest BCUT2D eigenvalue weighted by Gasteiger charge is 1.99. The summed E-state index contributed by atoms with van der Waals surface area (Å²) >= 11 is 0. The second-order valence-corrected chi connectivity index (χ2v) is 4.15. The van der Waals surface area contributed by atoms with Gasteiger partial charge in [-0.1, -0.05) is 29.8 Å². The summed E-state index contributed by atoms with van der Waals surface area (Å²) in [5.41, 5.74) is 2.42. The van der Waals surface area contributed by atoms with Gasteiger partial charge < -0.3 is 15.8 Å². The molecule has 0 heterocycles. The summed E-state index contributed by atoms with van der Waals surface area (Å²) in [7, 11) is 1.63. The van der Waals surface area contributed by atoms with Crippen LogP contribution >= 0.6 is 0 Å². The van der Waals surface area contributed by atoms with Crippen LogP contribution in [-0.4, -0.2) is 24.3 Å². The maximum absolute atomic E-state index is 11.0. The van der Waals surface area contributed by atoms with E-state index in [1.165, 1.54) is 0 Å². The first-order chi connectivity index (χ1) is 9.58. The molecule has 1 amide bonds. The van der Waals surface area contributed by atoms with Gasteiger partial charge in [-0.05, 0) is 31.2 Å². The first-order valence-electron chi connectivity index (χ1n) is 6.15. The number of rotatable bonds is 2. The van der Waals surface area contributed by atoms with Crippen molar-refractivity contribution < 1.29 is 9.90 Å². The molecule has 3 N–H and O–H groups in total. The van der Waals surface area contributed by atoms with Gasteiger partial charge in [0.25, 0.3) is 5.91 Å². The van der Waals surface area contributed by atoms with Gasteiger partial charge in [-0.25, -0.2) is 0 Å². The van der Waals surface area contributed by atoms with Gasteiger partial charge in [-0.2, -0.15) is 0 Å². The van der Waals surface area contributed by atoms with E-state index in [-0.39, 0.29) is 11.7 Å². The number of aryl methyl sites for hydroxylation is 1. The number of para-hydroxylation sites is 1. The summed E-state index contributed by atoms with van der Waals surface area (Å²) in [4.78, 5) is 11.0. The molecule has 0 fully saturated rings. The molecule has 0 aliphatic rings. The third-order valence-electron chi connectivity index (χ3n) is 2.63. The average molecular weight is 270 g/mol. The molecule has 0 spiro atoms. The Morgan fingerprint density at radius 3 is 2.20 bits per heavy atom. The van der Waals surface area contributed by atoms with Crippen LogP contribution in [0, 0.1) is 12.3 Å². The van der Waals surface area contributed by atoms with Crippen molar-refractivity contribution in [1.82, 2.24) is 5.32 Å². The van der Waals surface area contributed by atoms with Gasteiger partial charge in [0.2, 0.25) is 0 Å². The Labute approximate surface area is 118 Å². The lowest BCUT2D eigenvalue weighted by Crippen LogP contribution is -2.17. The van der Waals surface area contributed by atoms with Crippen LogP contribution in [0.2, 0.25) is 0 Å². The Kier molecular flexibility index (Phi) is 5.97. The maximum Gasteiger partial charge on any atom is 0.251 e. The molecule has 0 aliphatic carbocycles. The van der Waals surface area contributed by atoms with E-state index in [1.54, 1.807) is 31.3 Å². The number of carbonyl (C=O) groups excluding carboxylic acids is 1. The molecule has 0 unspecified atom stereocenters. The summed E-state index contributed by atoms with van der Waals surface area (Å²) in [6, 6.07) is 14.2. The summed E-state index contributed by atoms with van der Waals surface area (Å²) < 4.78 is 0. The molecule has 0 saturated carbocycles. The highest BCUT2D eigenvalue weighted by Crippen LogP contribution is 2.11. The van der Waals surface area contributed by atoms with Crippen LogP contribution in [-0.2, 0) is 0 Å². The van der Waals surface area contributed by atoms with Gasteiger partial charge in [-0.3, -0.25) is 4.79 Å². The van der Waals surface area contributed by atoms with E-state index in [2.05, 4.69) is 5.32 Å². The van der Waals surface area contributed by atoms with Crippen LogP contribution in [0.3, 0.4) is 0 Å². The van der Waals surface area contributed by atoms with Gasteiger partial charge in [-0.15, -0.1) is 0 Å². The van der Waals surface area contributed by atoms with E-state index in [4.69, 9.17) is 10.5 Å². The number of phenols is 1. The van der Waals surface area contributed by atoms with Crippen LogP contribution in [0.4, 0.5) is 0 Å². The monoisotopic (exact) mass is 270 g/mol. The maximum atomic E-state index is 11.0. The topological polar surface area (TPSA) is 73.2 Å². The SMILES string of the molecule is CNC(=O)c1ccc(C)cc1.N=Cc1ccccc1O. The Morgan fingerprint density at radius 1 is 1.15 bits per heavy atom. The highest BCUT2D eigenvalue weighted by molar-refractivity contribution is 5.93. The van der Waals surface area contributed by atoms with E-state index < -0.39 is 0 Å². The number of amides is 1. The number of aromatic hydroxyl groups is 1. The van der Waals surface area contributed by atoms with Gasteiger partial charge >= 0.3 is 0 Å². The lowest BCUT2D eigenvalue weighted by atomic mass is 10.1. The number of nitrogens with one attached hydrogen (secondary N) is 2. The third-order valence-corrected chi connectivity index (χ3v) is 2.63. The zero-order valence-electron chi connectivity index (χ0n) is 11.6. The van der Waals surface area contributed by atoms with Gasteiger partial charge in [0.1, 0.15) is 5.75 Å². The second-order valence-electron chi connectivity index (χ2n) is 4.15. The zero-order valence-corrected chi connectivity index (χ0v) is 11.6. The molecule has 2 aromatic carbocycles. The summed E-state index contributed by atoms with van der Waals surface area (Å²) in [6.45, 7) is 1.99. The third kappa shape index (κ3) is 4.57. The Balaban J connectivity index is 0.000000204. The molecule has 0 radical (unpaired) electrons. The molecule has 0 bridgehead atoms. The van der Waals surface area contributed by atoms with Crippen LogP contribution in [0.15, 0.2) is 48.5 Å². The summed E-state index contributed by atoms with van der Waals surface area (Å²) in [5.74, 6) is 0.123. The van der Waals surface area contributed by atoms with Crippen LogP contribution < -0.4 is 5.32 Å².